The van der Waals surface area contributed by atoms with E-state index in [9.17, 15) is 23.4 Å². The van der Waals surface area contributed by atoms with Gasteiger partial charge in [-0.1, -0.05) is 42.5 Å². The van der Waals surface area contributed by atoms with E-state index in [0.717, 1.165) is 23.3 Å². The maximum absolute atomic E-state index is 12.7. The Bertz CT molecular complexity index is 793. The van der Waals surface area contributed by atoms with Crippen LogP contribution in [0.15, 0.2) is 54.6 Å². The van der Waals surface area contributed by atoms with Crippen LogP contribution in [0, 0.1) is 11.3 Å². The standard InChI is InChI=1S/C21H22F3NO2/c22-21(23,24)16-8-6-14(7-9-16)10-25-11-18(27)20(13-25)17(12-26)19(20)15-4-2-1-3-5-15/h1-9,17-19,26-27H,10-13H2/t17-,18+,19-,20-/m1/s1. The minimum absolute atomic E-state index is 0.00695. The predicted octanol–water partition coefficient (Wildman–Crippen LogP) is 3.27. The molecule has 2 aromatic rings. The zero-order valence-corrected chi connectivity index (χ0v) is 14.7. The Labute approximate surface area is 156 Å². The molecule has 4 rings (SSSR count). The Balaban J connectivity index is 1.49. The van der Waals surface area contributed by atoms with Crippen LogP contribution in [0.3, 0.4) is 0 Å². The summed E-state index contributed by atoms with van der Waals surface area (Å²) in [6.45, 7) is 1.59. The molecule has 1 aliphatic heterocycles. The van der Waals surface area contributed by atoms with Gasteiger partial charge in [0.15, 0.2) is 0 Å². The fourth-order valence-electron chi connectivity index (χ4n) is 4.84. The number of halogens is 3. The topological polar surface area (TPSA) is 43.7 Å². The lowest BCUT2D eigenvalue weighted by Crippen LogP contribution is -2.23. The highest BCUT2D eigenvalue weighted by molar-refractivity contribution is 5.36. The summed E-state index contributed by atoms with van der Waals surface area (Å²) in [6.07, 6.45) is -4.90. The summed E-state index contributed by atoms with van der Waals surface area (Å²) in [6, 6.07) is 15.1. The summed E-state index contributed by atoms with van der Waals surface area (Å²) in [5.74, 6) is 0.115. The van der Waals surface area contributed by atoms with Crippen LogP contribution in [0.25, 0.3) is 0 Å². The average molecular weight is 377 g/mol. The van der Waals surface area contributed by atoms with Gasteiger partial charge < -0.3 is 10.2 Å². The molecule has 2 aliphatic rings. The zero-order chi connectivity index (χ0) is 19.2. The number of nitrogens with zero attached hydrogens (tertiary/aromatic N) is 1. The van der Waals surface area contributed by atoms with E-state index in [1.165, 1.54) is 12.1 Å². The smallest absolute Gasteiger partial charge is 0.396 e. The van der Waals surface area contributed by atoms with E-state index < -0.39 is 17.8 Å². The van der Waals surface area contributed by atoms with Crippen LogP contribution in [0.5, 0.6) is 0 Å². The van der Waals surface area contributed by atoms with Gasteiger partial charge in [-0.2, -0.15) is 13.2 Å². The minimum atomic E-state index is -4.34. The molecule has 144 valence electrons. The molecule has 0 amide bonds. The van der Waals surface area contributed by atoms with Crippen molar-refractivity contribution in [1.29, 1.82) is 0 Å². The molecular formula is C21H22F3NO2. The Kier molecular flexibility index (Phi) is 4.53. The molecule has 0 bridgehead atoms. The molecule has 2 aromatic carbocycles. The van der Waals surface area contributed by atoms with E-state index in [1.54, 1.807) is 0 Å². The molecule has 0 aromatic heterocycles. The van der Waals surface area contributed by atoms with E-state index in [-0.39, 0.29) is 23.9 Å². The molecular weight excluding hydrogens is 355 g/mol. The van der Waals surface area contributed by atoms with Crippen molar-refractivity contribution in [1.82, 2.24) is 4.90 Å². The number of aliphatic hydroxyl groups excluding tert-OH is 2. The SMILES string of the molecule is OC[C@@H]1[C@@H](c2ccccc2)[C@]12CN(Cc1ccc(C(F)(F)F)cc1)C[C@@H]2O. The molecule has 1 heterocycles. The quantitative estimate of drug-likeness (QED) is 0.860. The molecule has 2 fully saturated rings. The first-order chi connectivity index (χ1) is 12.9. The van der Waals surface area contributed by atoms with Gasteiger partial charge in [-0.05, 0) is 35.1 Å². The highest BCUT2D eigenvalue weighted by Gasteiger charge is 2.70. The number of likely N-dealkylation sites (tertiary alicyclic amines) is 1. The van der Waals surface area contributed by atoms with Gasteiger partial charge >= 0.3 is 6.18 Å². The second kappa shape index (κ2) is 6.62. The highest BCUT2D eigenvalue weighted by Crippen LogP contribution is 2.68. The lowest BCUT2D eigenvalue weighted by molar-refractivity contribution is -0.137. The predicted molar refractivity (Wildman–Crippen MR) is 94.9 cm³/mol. The van der Waals surface area contributed by atoms with Crippen molar-refractivity contribution in [2.75, 3.05) is 19.7 Å². The second-order valence-electron chi connectivity index (χ2n) is 7.67. The molecule has 4 atom stereocenters. The number of rotatable bonds is 4. The van der Waals surface area contributed by atoms with Gasteiger partial charge in [-0.15, -0.1) is 0 Å². The maximum atomic E-state index is 12.7. The van der Waals surface area contributed by atoms with Crippen molar-refractivity contribution in [2.45, 2.75) is 24.7 Å². The third-order valence-corrected chi connectivity index (χ3v) is 6.15. The molecule has 27 heavy (non-hydrogen) atoms. The van der Waals surface area contributed by atoms with Gasteiger partial charge in [0.25, 0.3) is 0 Å². The molecule has 1 saturated heterocycles. The fraction of sp³-hybridized carbons (Fsp3) is 0.429. The van der Waals surface area contributed by atoms with Crippen molar-refractivity contribution in [3.8, 4) is 0 Å². The van der Waals surface area contributed by atoms with Crippen LogP contribution in [0.2, 0.25) is 0 Å². The van der Waals surface area contributed by atoms with Crippen LogP contribution in [-0.4, -0.2) is 40.9 Å². The third kappa shape index (κ3) is 3.16. The zero-order valence-electron chi connectivity index (χ0n) is 14.7. The summed E-state index contributed by atoms with van der Waals surface area (Å²) >= 11 is 0. The van der Waals surface area contributed by atoms with Crippen LogP contribution >= 0.6 is 0 Å². The van der Waals surface area contributed by atoms with Crippen molar-refractivity contribution >= 4 is 0 Å². The van der Waals surface area contributed by atoms with Crippen LogP contribution in [-0.2, 0) is 12.7 Å². The van der Waals surface area contributed by atoms with Crippen molar-refractivity contribution in [3.63, 3.8) is 0 Å². The number of aliphatic hydroxyl groups is 2. The molecule has 2 N–H and O–H groups in total. The summed E-state index contributed by atoms with van der Waals surface area (Å²) in [4.78, 5) is 2.07. The summed E-state index contributed by atoms with van der Waals surface area (Å²) in [5.41, 5.74) is 0.870. The van der Waals surface area contributed by atoms with Crippen molar-refractivity contribution in [3.05, 3.63) is 71.3 Å². The van der Waals surface area contributed by atoms with Gasteiger partial charge in [0, 0.05) is 31.7 Å². The number of alkyl halides is 3. The van der Waals surface area contributed by atoms with Gasteiger partial charge in [-0.25, -0.2) is 0 Å². The monoisotopic (exact) mass is 377 g/mol. The molecule has 6 heteroatoms. The molecule has 1 spiro atoms. The van der Waals surface area contributed by atoms with Crippen molar-refractivity contribution in [2.24, 2.45) is 11.3 Å². The lowest BCUT2D eigenvalue weighted by Gasteiger charge is -2.17. The maximum Gasteiger partial charge on any atom is 0.416 e. The molecule has 0 unspecified atom stereocenters. The number of β-amino-alcohol motifs (C(OH)–C–C–N with tert-alkyl or cyclic N) is 1. The lowest BCUT2D eigenvalue weighted by atomic mass is 9.95. The largest absolute Gasteiger partial charge is 0.416 e. The number of hydrogen-bond donors (Lipinski definition) is 2. The second-order valence-corrected chi connectivity index (χ2v) is 7.67. The van der Waals surface area contributed by atoms with Gasteiger partial charge in [0.1, 0.15) is 0 Å². The van der Waals surface area contributed by atoms with Crippen LogP contribution < -0.4 is 0 Å². The van der Waals surface area contributed by atoms with Crippen molar-refractivity contribution < 1.29 is 23.4 Å². The number of hydrogen-bond acceptors (Lipinski definition) is 3. The number of benzene rings is 2. The first kappa shape index (κ1) is 18.5. The molecule has 1 saturated carbocycles. The first-order valence-electron chi connectivity index (χ1n) is 9.08. The van der Waals surface area contributed by atoms with E-state index in [4.69, 9.17) is 0 Å². The fourth-order valence-corrected chi connectivity index (χ4v) is 4.84. The van der Waals surface area contributed by atoms with Gasteiger partial charge in [0.2, 0.25) is 0 Å². The molecule has 1 aliphatic carbocycles. The molecule has 3 nitrogen and oxygen atoms in total. The Hall–Kier alpha value is -1.89. The Morgan fingerprint density at radius 1 is 1.04 bits per heavy atom. The van der Waals surface area contributed by atoms with Crippen LogP contribution in [0.1, 0.15) is 22.6 Å². The van der Waals surface area contributed by atoms with E-state index in [2.05, 4.69) is 4.90 Å². The first-order valence-corrected chi connectivity index (χ1v) is 9.08. The summed E-state index contributed by atoms with van der Waals surface area (Å²) in [5, 5.41) is 20.6. The summed E-state index contributed by atoms with van der Waals surface area (Å²) in [7, 11) is 0. The molecule has 0 radical (unpaired) electrons. The normalized spacial score (nSPS) is 30.8. The van der Waals surface area contributed by atoms with E-state index in [0.29, 0.717) is 19.6 Å². The van der Waals surface area contributed by atoms with Gasteiger partial charge in [-0.3, -0.25) is 4.90 Å². The third-order valence-electron chi connectivity index (χ3n) is 6.15. The van der Waals surface area contributed by atoms with Crippen LogP contribution in [0.4, 0.5) is 13.2 Å². The van der Waals surface area contributed by atoms with Gasteiger partial charge in [0.05, 0.1) is 11.7 Å². The van der Waals surface area contributed by atoms with E-state index >= 15 is 0 Å². The average Bonchev–Trinajstić information content (AvgIpc) is 3.19. The Morgan fingerprint density at radius 2 is 1.70 bits per heavy atom. The summed E-state index contributed by atoms with van der Waals surface area (Å²) < 4.78 is 38.1. The minimum Gasteiger partial charge on any atom is -0.396 e. The highest BCUT2D eigenvalue weighted by atomic mass is 19.4. The Morgan fingerprint density at radius 3 is 2.30 bits per heavy atom. The van der Waals surface area contributed by atoms with E-state index in [1.807, 2.05) is 30.3 Å².